The van der Waals surface area contributed by atoms with Crippen LogP contribution in [-0.4, -0.2) is 35.6 Å². The second kappa shape index (κ2) is 6.22. The molecule has 4 N–H and O–H groups in total. The summed E-state index contributed by atoms with van der Waals surface area (Å²) in [6.07, 6.45) is 3.07. The summed E-state index contributed by atoms with van der Waals surface area (Å²) in [5, 5.41) is 16.9. The monoisotopic (exact) mass is 276 g/mol. The molecule has 0 aliphatic carbocycles. The van der Waals surface area contributed by atoms with Crippen LogP contribution in [0, 0.1) is 25.2 Å². The molecule has 1 saturated heterocycles. The summed E-state index contributed by atoms with van der Waals surface area (Å²) in [4.78, 5) is 6.84. The number of rotatable bonds is 4. The Bertz CT molecular complexity index is 499. The van der Waals surface area contributed by atoms with Crippen molar-refractivity contribution >= 4 is 11.7 Å². The number of nitrogen functional groups attached to an aromatic ring is 1. The number of amidine groups is 1. The minimum absolute atomic E-state index is 0.0780. The van der Waals surface area contributed by atoms with Gasteiger partial charge in [-0.25, -0.2) is 4.98 Å². The molecule has 2 rings (SSSR count). The van der Waals surface area contributed by atoms with Gasteiger partial charge in [0.05, 0.1) is 5.56 Å². The Morgan fingerprint density at radius 2 is 2.30 bits per heavy atom. The van der Waals surface area contributed by atoms with E-state index in [-0.39, 0.29) is 12.4 Å². The van der Waals surface area contributed by atoms with Crippen LogP contribution >= 0.6 is 0 Å². The first kappa shape index (κ1) is 14.8. The Morgan fingerprint density at radius 1 is 1.55 bits per heavy atom. The molecule has 5 nitrogen and oxygen atoms in total. The lowest BCUT2D eigenvalue weighted by molar-refractivity contribution is 0.244. The van der Waals surface area contributed by atoms with Crippen molar-refractivity contribution in [2.45, 2.75) is 33.1 Å². The maximum atomic E-state index is 9.12. The molecule has 5 heteroatoms. The van der Waals surface area contributed by atoms with Crippen molar-refractivity contribution in [3.05, 3.63) is 22.9 Å². The van der Waals surface area contributed by atoms with Crippen LogP contribution in [0.5, 0.6) is 0 Å². The second-order valence-corrected chi connectivity index (χ2v) is 5.66. The van der Waals surface area contributed by atoms with Crippen LogP contribution in [0.1, 0.15) is 36.1 Å². The maximum absolute atomic E-state index is 9.12. The molecule has 0 amide bonds. The van der Waals surface area contributed by atoms with E-state index in [0.29, 0.717) is 5.92 Å². The number of anilines is 1. The fourth-order valence-electron chi connectivity index (χ4n) is 3.05. The van der Waals surface area contributed by atoms with E-state index in [1.807, 2.05) is 19.9 Å². The molecule has 1 atom stereocenters. The van der Waals surface area contributed by atoms with E-state index in [2.05, 4.69) is 9.88 Å². The van der Waals surface area contributed by atoms with Gasteiger partial charge in [-0.1, -0.05) is 0 Å². The Labute approximate surface area is 120 Å². The molecule has 1 fully saturated rings. The normalized spacial score (nSPS) is 19.1. The predicted octanol–water partition coefficient (Wildman–Crippen LogP) is 1.58. The second-order valence-electron chi connectivity index (χ2n) is 5.66. The number of aryl methyl sites for hydroxylation is 2. The average Bonchev–Trinajstić information content (AvgIpc) is 2.38. The third kappa shape index (κ3) is 3.10. The van der Waals surface area contributed by atoms with E-state index in [1.54, 1.807) is 0 Å². The van der Waals surface area contributed by atoms with E-state index in [0.717, 1.165) is 55.0 Å². The highest BCUT2D eigenvalue weighted by Gasteiger charge is 2.24. The molecular formula is C15H24N4O. The van der Waals surface area contributed by atoms with Crippen LogP contribution in [-0.2, 0) is 0 Å². The lowest BCUT2D eigenvalue weighted by Gasteiger charge is -2.35. The van der Waals surface area contributed by atoms with Crippen LogP contribution in [0.2, 0.25) is 0 Å². The lowest BCUT2D eigenvalue weighted by atomic mass is 9.94. The molecule has 0 saturated carbocycles. The quantitative estimate of drug-likeness (QED) is 0.575. The van der Waals surface area contributed by atoms with E-state index in [9.17, 15) is 0 Å². The molecule has 0 radical (unpaired) electrons. The number of hydrogen-bond acceptors (Lipinski definition) is 4. The van der Waals surface area contributed by atoms with Gasteiger partial charge in [0.1, 0.15) is 11.7 Å². The number of aromatic nitrogens is 1. The lowest BCUT2D eigenvalue weighted by Crippen LogP contribution is -2.38. The molecule has 1 aliphatic heterocycles. The number of nitrogens with zero attached hydrogens (tertiary/aromatic N) is 2. The summed E-state index contributed by atoms with van der Waals surface area (Å²) < 4.78 is 0. The van der Waals surface area contributed by atoms with Crippen LogP contribution < -0.4 is 10.6 Å². The summed E-state index contributed by atoms with van der Waals surface area (Å²) in [6.45, 7) is 6.01. The number of aliphatic hydroxyl groups excluding tert-OH is 1. The molecule has 0 bridgehead atoms. The maximum Gasteiger partial charge on any atom is 0.140 e. The number of nitrogens with two attached hydrogens (primary N) is 1. The number of piperidine rings is 1. The SMILES string of the molecule is Cc1cc(C)c(C(=N)N)c(N2CCCC(CCO)C2)n1. The highest BCUT2D eigenvalue weighted by molar-refractivity contribution is 6.01. The number of pyridine rings is 1. The van der Waals surface area contributed by atoms with Gasteiger partial charge in [-0.3, -0.25) is 5.41 Å². The summed E-state index contributed by atoms with van der Waals surface area (Å²) in [7, 11) is 0. The molecule has 2 heterocycles. The Balaban J connectivity index is 2.33. The summed E-state index contributed by atoms with van der Waals surface area (Å²) >= 11 is 0. The summed E-state index contributed by atoms with van der Waals surface area (Å²) in [5.41, 5.74) is 8.45. The topological polar surface area (TPSA) is 86.2 Å². The Hall–Kier alpha value is -1.62. The van der Waals surface area contributed by atoms with Gasteiger partial charge in [-0.2, -0.15) is 0 Å². The first-order valence-electron chi connectivity index (χ1n) is 7.21. The predicted molar refractivity (Wildman–Crippen MR) is 81.4 cm³/mol. The molecule has 1 unspecified atom stereocenters. The fourth-order valence-corrected chi connectivity index (χ4v) is 3.05. The van der Waals surface area contributed by atoms with Gasteiger partial charge in [0.2, 0.25) is 0 Å². The Morgan fingerprint density at radius 3 is 2.95 bits per heavy atom. The van der Waals surface area contributed by atoms with Gasteiger partial charge < -0.3 is 15.7 Å². The average molecular weight is 276 g/mol. The third-order valence-electron chi connectivity index (χ3n) is 3.95. The highest BCUT2D eigenvalue weighted by atomic mass is 16.3. The number of hydrogen-bond donors (Lipinski definition) is 3. The van der Waals surface area contributed by atoms with Crippen molar-refractivity contribution in [2.24, 2.45) is 11.7 Å². The standard InChI is InChI=1S/C15H24N4O/c1-10-8-11(2)18-15(13(10)14(16)17)19-6-3-4-12(9-19)5-7-20/h8,12,20H,3-7,9H2,1-2H3,(H3,16,17). The van der Waals surface area contributed by atoms with Crippen molar-refractivity contribution in [2.75, 3.05) is 24.6 Å². The molecule has 0 spiro atoms. The molecular weight excluding hydrogens is 252 g/mol. The van der Waals surface area contributed by atoms with Gasteiger partial charge in [0.15, 0.2) is 0 Å². The molecule has 110 valence electrons. The zero-order chi connectivity index (χ0) is 14.7. The van der Waals surface area contributed by atoms with E-state index >= 15 is 0 Å². The van der Waals surface area contributed by atoms with E-state index in [4.69, 9.17) is 16.2 Å². The van der Waals surface area contributed by atoms with E-state index in [1.165, 1.54) is 0 Å². The van der Waals surface area contributed by atoms with Crippen molar-refractivity contribution in [1.82, 2.24) is 4.98 Å². The van der Waals surface area contributed by atoms with Gasteiger partial charge in [0.25, 0.3) is 0 Å². The van der Waals surface area contributed by atoms with Crippen molar-refractivity contribution < 1.29 is 5.11 Å². The van der Waals surface area contributed by atoms with Gasteiger partial charge >= 0.3 is 0 Å². The minimum atomic E-state index is 0.0780. The van der Waals surface area contributed by atoms with Crippen LogP contribution in [0.3, 0.4) is 0 Å². The van der Waals surface area contributed by atoms with E-state index < -0.39 is 0 Å². The zero-order valence-corrected chi connectivity index (χ0v) is 12.3. The number of aliphatic hydroxyl groups is 1. The largest absolute Gasteiger partial charge is 0.396 e. The third-order valence-corrected chi connectivity index (χ3v) is 3.95. The fraction of sp³-hybridized carbons (Fsp3) is 0.600. The van der Waals surface area contributed by atoms with Crippen molar-refractivity contribution in [3.8, 4) is 0 Å². The first-order valence-corrected chi connectivity index (χ1v) is 7.21. The minimum Gasteiger partial charge on any atom is -0.396 e. The van der Waals surface area contributed by atoms with Crippen LogP contribution in [0.15, 0.2) is 6.07 Å². The van der Waals surface area contributed by atoms with Crippen molar-refractivity contribution in [1.29, 1.82) is 5.41 Å². The molecule has 1 aliphatic rings. The zero-order valence-electron chi connectivity index (χ0n) is 12.3. The smallest absolute Gasteiger partial charge is 0.140 e. The van der Waals surface area contributed by atoms with Gasteiger partial charge in [-0.15, -0.1) is 0 Å². The molecule has 1 aromatic rings. The highest BCUT2D eigenvalue weighted by Crippen LogP contribution is 2.28. The van der Waals surface area contributed by atoms with Gasteiger partial charge in [0, 0.05) is 25.4 Å². The van der Waals surface area contributed by atoms with Crippen molar-refractivity contribution in [3.63, 3.8) is 0 Å². The summed E-state index contributed by atoms with van der Waals surface area (Å²) in [5.74, 6) is 1.41. The number of nitrogens with one attached hydrogen (secondary N) is 1. The van der Waals surface area contributed by atoms with Crippen LogP contribution in [0.4, 0.5) is 5.82 Å². The summed E-state index contributed by atoms with van der Waals surface area (Å²) in [6, 6.07) is 1.97. The van der Waals surface area contributed by atoms with Crippen LogP contribution in [0.25, 0.3) is 0 Å². The molecule has 20 heavy (non-hydrogen) atoms. The molecule has 0 aromatic carbocycles. The molecule has 1 aromatic heterocycles. The van der Waals surface area contributed by atoms with Gasteiger partial charge in [-0.05, 0) is 50.7 Å². The Kier molecular flexibility index (Phi) is 4.60. The first-order chi connectivity index (χ1) is 9.52.